The Balaban J connectivity index is 2.13. The summed E-state index contributed by atoms with van der Waals surface area (Å²) in [6.45, 7) is 3.88. The standard InChI is InChI=1S/C15H20FNO3/c1-15(2,14(18)19)20-13-7-3-5-11(9-13)12-6-4-8-17(16)10-12/h3,5,7,9,12H,4,6,8,10H2,1-2H3,(H,18,19). The van der Waals surface area contributed by atoms with Gasteiger partial charge in [-0.3, -0.25) is 0 Å². The van der Waals surface area contributed by atoms with E-state index >= 15 is 0 Å². The Labute approximate surface area is 118 Å². The van der Waals surface area contributed by atoms with Crippen LogP contribution in [-0.2, 0) is 4.79 Å². The number of rotatable bonds is 4. The van der Waals surface area contributed by atoms with Crippen LogP contribution in [0.15, 0.2) is 24.3 Å². The summed E-state index contributed by atoms with van der Waals surface area (Å²) in [5, 5.41) is 9.91. The van der Waals surface area contributed by atoms with Gasteiger partial charge >= 0.3 is 5.97 Å². The van der Waals surface area contributed by atoms with Gasteiger partial charge in [-0.25, -0.2) is 4.79 Å². The summed E-state index contributed by atoms with van der Waals surface area (Å²) in [5.41, 5.74) is -0.289. The summed E-state index contributed by atoms with van der Waals surface area (Å²) in [5.74, 6) is -0.383. The Morgan fingerprint density at radius 1 is 1.50 bits per heavy atom. The van der Waals surface area contributed by atoms with Crippen molar-refractivity contribution in [2.24, 2.45) is 0 Å². The number of benzene rings is 1. The molecule has 1 unspecified atom stereocenters. The van der Waals surface area contributed by atoms with E-state index in [0.717, 1.165) is 23.5 Å². The highest BCUT2D eigenvalue weighted by molar-refractivity contribution is 5.76. The molecule has 20 heavy (non-hydrogen) atoms. The number of carbonyl (C=O) groups is 1. The van der Waals surface area contributed by atoms with E-state index in [9.17, 15) is 9.28 Å². The van der Waals surface area contributed by atoms with Crippen molar-refractivity contribution in [3.05, 3.63) is 29.8 Å². The van der Waals surface area contributed by atoms with Gasteiger partial charge in [-0.15, -0.1) is 9.60 Å². The smallest absolute Gasteiger partial charge is 0.347 e. The molecule has 1 aliphatic rings. The van der Waals surface area contributed by atoms with Crippen molar-refractivity contribution in [3.63, 3.8) is 0 Å². The van der Waals surface area contributed by atoms with Crippen LogP contribution in [-0.4, -0.2) is 34.9 Å². The lowest BCUT2D eigenvalue weighted by atomic mass is 9.91. The molecule has 5 heteroatoms. The van der Waals surface area contributed by atoms with Gasteiger partial charge in [-0.2, -0.15) is 0 Å². The molecule has 110 valence electrons. The first-order valence-electron chi connectivity index (χ1n) is 6.81. The first-order chi connectivity index (χ1) is 9.38. The zero-order valence-corrected chi connectivity index (χ0v) is 11.8. The van der Waals surface area contributed by atoms with Gasteiger partial charge in [0.05, 0.1) is 0 Å². The van der Waals surface area contributed by atoms with E-state index in [4.69, 9.17) is 9.84 Å². The van der Waals surface area contributed by atoms with E-state index in [1.165, 1.54) is 13.8 Å². The second-order valence-corrected chi connectivity index (χ2v) is 5.70. The van der Waals surface area contributed by atoms with Crippen LogP contribution < -0.4 is 4.74 Å². The molecule has 1 fully saturated rings. The van der Waals surface area contributed by atoms with Crippen LogP contribution in [0.2, 0.25) is 0 Å². The monoisotopic (exact) mass is 281 g/mol. The fourth-order valence-electron chi connectivity index (χ4n) is 2.37. The lowest BCUT2D eigenvalue weighted by molar-refractivity contribution is -0.152. The largest absolute Gasteiger partial charge is 0.478 e. The van der Waals surface area contributed by atoms with Gasteiger partial charge in [-0.1, -0.05) is 12.1 Å². The molecule has 0 radical (unpaired) electrons. The van der Waals surface area contributed by atoms with Crippen LogP contribution in [0.4, 0.5) is 4.48 Å². The topological polar surface area (TPSA) is 49.8 Å². The highest BCUT2D eigenvalue weighted by atomic mass is 19.2. The van der Waals surface area contributed by atoms with Crippen molar-refractivity contribution in [2.45, 2.75) is 38.2 Å². The van der Waals surface area contributed by atoms with Gasteiger partial charge in [-0.05, 0) is 50.3 Å². The first kappa shape index (κ1) is 14.8. The van der Waals surface area contributed by atoms with Gasteiger partial charge in [0.2, 0.25) is 0 Å². The maximum absolute atomic E-state index is 13.3. The molecule has 4 nitrogen and oxygen atoms in total. The number of piperidine rings is 1. The predicted molar refractivity (Wildman–Crippen MR) is 73.4 cm³/mol. The third kappa shape index (κ3) is 3.48. The lowest BCUT2D eigenvalue weighted by Crippen LogP contribution is -2.37. The molecule has 0 spiro atoms. The van der Waals surface area contributed by atoms with Crippen LogP contribution in [0.5, 0.6) is 5.75 Å². The van der Waals surface area contributed by atoms with Crippen molar-refractivity contribution < 1.29 is 19.1 Å². The molecule has 1 heterocycles. The van der Waals surface area contributed by atoms with Gasteiger partial charge in [0.15, 0.2) is 5.60 Å². The summed E-state index contributed by atoms with van der Waals surface area (Å²) in [7, 11) is 0. The number of carboxylic acids is 1. The second kappa shape index (κ2) is 5.79. The summed E-state index contributed by atoms with van der Waals surface area (Å²) in [6, 6.07) is 7.29. The van der Waals surface area contributed by atoms with Crippen molar-refractivity contribution in [1.29, 1.82) is 0 Å². The fraction of sp³-hybridized carbons (Fsp3) is 0.533. The predicted octanol–water partition coefficient (Wildman–Crippen LogP) is 2.99. The molecule has 1 aromatic carbocycles. The van der Waals surface area contributed by atoms with Crippen molar-refractivity contribution >= 4 is 5.97 Å². The van der Waals surface area contributed by atoms with Crippen LogP contribution in [0.1, 0.15) is 38.2 Å². The fourth-order valence-corrected chi connectivity index (χ4v) is 2.37. The normalized spacial score (nSPS) is 20.6. The van der Waals surface area contributed by atoms with Gasteiger partial charge in [0.25, 0.3) is 0 Å². The Kier molecular flexibility index (Phi) is 4.28. The zero-order chi connectivity index (χ0) is 14.8. The Hall–Kier alpha value is -1.62. The number of hydrogen-bond donors (Lipinski definition) is 1. The van der Waals surface area contributed by atoms with Gasteiger partial charge < -0.3 is 9.84 Å². The van der Waals surface area contributed by atoms with Crippen molar-refractivity contribution in [3.8, 4) is 5.75 Å². The number of carboxylic acid groups (broad SMARTS) is 1. The van der Waals surface area contributed by atoms with E-state index in [0.29, 0.717) is 18.8 Å². The molecule has 1 saturated heterocycles. The third-order valence-electron chi connectivity index (χ3n) is 3.59. The average molecular weight is 281 g/mol. The maximum atomic E-state index is 13.3. The SMILES string of the molecule is CC(C)(Oc1cccc(C2CCCN(F)C2)c1)C(=O)O. The van der Waals surface area contributed by atoms with E-state index in [1.54, 1.807) is 6.07 Å². The Morgan fingerprint density at radius 3 is 2.90 bits per heavy atom. The van der Waals surface area contributed by atoms with E-state index in [-0.39, 0.29) is 5.92 Å². The quantitative estimate of drug-likeness (QED) is 0.862. The minimum absolute atomic E-state index is 0.130. The molecule has 0 aromatic heterocycles. The minimum atomic E-state index is -1.28. The van der Waals surface area contributed by atoms with E-state index < -0.39 is 11.6 Å². The highest BCUT2D eigenvalue weighted by Crippen LogP contribution is 2.30. The van der Waals surface area contributed by atoms with Crippen LogP contribution in [0, 0.1) is 0 Å². The number of nitrogens with zero attached hydrogens (tertiary/aromatic N) is 1. The second-order valence-electron chi connectivity index (χ2n) is 5.70. The molecule has 1 atom stereocenters. The zero-order valence-electron chi connectivity index (χ0n) is 11.8. The van der Waals surface area contributed by atoms with Gasteiger partial charge in [0, 0.05) is 13.1 Å². The first-order valence-corrected chi connectivity index (χ1v) is 6.81. The number of hydrogen-bond acceptors (Lipinski definition) is 3. The lowest BCUT2D eigenvalue weighted by Gasteiger charge is -2.27. The van der Waals surface area contributed by atoms with Crippen LogP contribution in [0.3, 0.4) is 0 Å². The van der Waals surface area contributed by atoms with Crippen LogP contribution >= 0.6 is 0 Å². The van der Waals surface area contributed by atoms with Crippen molar-refractivity contribution in [1.82, 2.24) is 5.12 Å². The summed E-state index contributed by atoms with van der Waals surface area (Å²) >= 11 is 0. The van der Waals surface area contributed by atoms with Gasteiger partial charge in [0.1, 0.15) is 5.75 Å². The molecule has 0 saturated carbocycles. The summed E-state index contributed by atoms with van der Waals surface area (Å²) in [4.78, 5) is 11.1. The molecule has 1 aliphatic heterocycles. The number of halogens is 1. The molecule has 1 N–H and O–H groups in total. The van der Waals surface area contributed by atoms with E-state index in [2.05, 4.69) is 0 Å². The highest BCUT2D eigenvalue weighted by Gasteiger charge is 2.29. The summed E-state index contributed by atoms with van der Waals surface area (Å²) in [6.07, 6.45) is 1.76. The molecule has 0 amide bonds. The average Bonchev–Trinajstić information content (AvgIpc) is 2.38. The molecule has 1 aromatic rings. The van der Waals surface area contributed by atoms with Crippen molar-refractivity contribution in [2.75, 3.05) is 13.1 Å². The molecule has 0 bridgehead atoms. The maximum Gasteiger partial charge on any atom is 0.347 e. The number of aliphatic carboxylic acids is 1. The Bertz CT molecular complexity index is 490. The molecular formula is C15H20FNO3. The Morgan fingerprint density at radius 2 is 2.25 bits per heavy atom. The molecular weight excluding hydrogens is 261 g/mol. The molecule has 2 rings (SSSR count). The van der Waals surface area contributed by atoms with Crippen LogP contribution in [0.25, 0.3) is 0 Å². The minimum Gasteiger partial charge on any atom is -0.478 e. The third-order valence-corrected chi connectivity index (χ3v) is 3.59. The molecule has 0 aliphatic carbocycles. The van der Waals surface area contributed by atoms with E-state index in [1.807, 2.05) is 18.2 Å². The summed E-state index contributed by atoms with van der Waals surface area (Å²) < 4.78 is 18.8. The number of ether oxygens (including phenoxy) is 1.